The topological polar surface area (TPSA) is 45.7 Å². The van der Waals surface area contributed by atoms with Gasteiger partial charge in [0.1, 0.15) is 12.4 Å². The molecule has 1 aromatic carbocycles. The minimum atomic E-state index is -4.44. The van der Waals surface area contributed by atoms with Gasteiger partial charge in [-0.3, -0.25) is 0 Å². The lowest BCUT2D eigenvalue weighted by Gasteiger charge is -2.13. The third-order valence-electron chi connectivity index (χ3n) is 2.51. The number of rotatable bonds is 6. The molecule has 0 aliphatic carbocycles. The van der Waals surface area contributed by atoms with Gasteiger partial charge in [-0.2, -0.15) is 13.2 Å². The summed E-state index contributed by atoms with van der Waals surface area (Å²) in [4.78, 5) is 4.15. The second-order valence-electron chi connectivity index (χ2n) is 4.16. The molecule has 0 spiro atoms. The lowest BCUT2D eigenvalue weighted by Crippen LogP contribution is -2.37. The molecule has 1 aromatic rings. The van der Waals surface area contributed by atoms with Gasteiger partial charge in [0.25, 0.3) is 0 Å². The average Bonchev–Trinajstić information content (AvgIpc) is 2.48. The number of alkyl halides is 3. The standard InChI is InChI=1S/C15H18F3N3O/c1-3-9-20-14(19-4-2)21-10-11-22-13-8-6-5-7-12(13)15(16,17)18/h1,5-8H,4,9-11H2,2H3,(H2,19,20,21). The molecule has 0 saturated heterocycles. The van der Waals surface area contributed by atoms with E-state index in [1.165, 1.54) is 18.2 Å². The van der Waals surface area contributed by atoms with Crippen LogP contribution in [0.4, 0.5) is 13.2 Å². The van der Waals surface area contributed by atoms with Crippen LogP contribution in [-0.2, 0) is 6.18 Å². The van der Waals surface area contributed by atoms with Crippen LogP contribution in [0.5, 0.6) is 5.75 Å². The first-order valence-corrected chi connectivity index (χ1v) is 6.73. The summed E-state index contributed by atoms with van der Waals surface area (Å²) < 4.78 is 43.5. The van der Waals surface area contributed by atoms with E-state index >= 15 is 0 Å². The summed E-state index contributed by atoms with van der Waals surface area (Å²) in [5.74, 6) is 2.70. The molecule has 7 heteroatoms. The SMILES string of the molecule is C#CCNC(=NCCOc1ccccc1C(F)(F)F)NCC. The van der Waals surface area contributed by atoms with Crippen LogP contribution >= 0.6 is 0 Å². The number of para-hydroxylation sites is 1. The van der Waals surface area contributed by atoms with E-state index in [1.807, 2.05) is 6.92 Å². The molecule has 0 bridgehead atoms. The van der Waals surface area contributed by atoms with Crippen LogP contribution in [0.1, 0.15) is 12.5 Å². The number of benzene rings is 1. The van der Waals surface area contributed by atoms with E-state index in [0.717, 1.165) is 6.07 Å². The molecule has 0 aromatic heterocycles. The van der Waals surface area contributed by atoms with E-state index in [2.05, 4.69) is 21.5 Å². The fourth-order valence-electron chi connectivity index (χ4n) is 1.62. The molecule has 0 aliphatic heterocycles. The largest absolute Gasteiger partial charge is 0.491 e. The maximum Gasteiger partial charge on any atom is 0.419 e. The maximum absolute atomic E-state index is 12.8. The van der Waals surface area contributed by atoms with Gasteiger partial charge in [-0.15, -0.1) is 6.42 Å². The fourth-order valence-corrected chi connectivity index (χ4v) is 1.62. The van der Waals surface area contributed by atoms with Crippen molar-refractivity contribution < 1.29 is 17.9 Å². The number of ether oxygens (including phenoxy) is 1. The summed E-state index contributed by atoms with van der Waals surface area (Å²) in [6.07, 6.45) is 0.693. The Labute approximate surface area is 127 Å². The molecule has 0 atom stereocenters. The molecule has 1 rings (SSSR count). The summed E-state index contributed by atoms with van der Waals surface area (Å²) in [6, 6.07) is 5.08. The lowest BCUT2D eigenvalue weighted by atomic mass is 10.2. The van der Waals surface area contributed by atoms with E-state index in [4.69, 9.17) is 11.2 Å². The number of hydrogen-bond donors (Lipinski definition) is 2. The van der Waals surface area contributed by atoms with Crippen LogP contribution in [0.2, 0.25) is 0 Å². The highest BCUT2D eigenvalue weighted by atomic mass is 19.4. The molecule has 22 heavy (non-hydrogen) atoms. The van der Waals surface area contributed by atoms with Crippen molar-refractivity contribution in [1.82, 2.24) is 10.6 Å². The van der Waals surface area contributed by atoms with Crippen molar-refractivity contribution in [2.24, 2.45) is 4.99 Å². The predicted molar refractivity (Wildman–Crippen MR) is 79.8 cm³/mol. The molecule has 2 N–H and O–H groups in total. The third-order valence-corrected chi connectivity index (χ3v) is 2.51. The summed E-state index contributed by atoms with van der Waals surface area (Å²) in [7, 11) is 0. The molecule has 4 nitrogen and oxygen atoms in total. The van der Waals surface area contributed by atoms with Gasteiger partial charge in [-0.1, -0.05) is 18.1 Å². The van der Waals surface area contributed by atoms with Crippen molar-refractivity contribution in [3.05, 3.63) is 29.8 Å². The first kappa shape index (κ1) is 17.7. The average molecular weight is 313 g/mol. The zero-order valence-electron chi connectivity index (χ0n) is 12.2. The van der Waals surface area contributed by atoms with Gasteiger partial charge in [0.15, 0.2) is 5.96 Å². The monoisotopic (exact) mass is 313 g/mol. The molecule has 120 valence electrons. The fraction of sp³-hybridized carbons (Fsp3) is 0.400. The van der Waals surface area contributed by atoms with Crippen LogP contribution in [0.15, 0.2) is 29.3 Å². The van der Waals surface area contributed by atoms with Crippen LogP contribution in [0, 0.1) is 12.3 Å². The van der Waals surface area contributed by atoms with Crippen molar-refractivity contribution in [3.63, 3.8) is 0 Å². The van der Waals surface area contributed by atoms with Gasteiger partial charge in [0.2, 0.25) is 0 Å². The maximum atomic E-state index is 12.8. The Morgan fingerprint density at radius 2 is 2.05 bits per heavy atom. The Morgan fingerprint density at radius 3 is 2.68 bits per heavy atom. The number of halogens is 3. The van der Waals surface area contributed by atoms with E-state index in [9.17, 15) is 13.2 Å². The second kappa shape index (κ2) is 8.82. The van der Waals surface area contributed by atoms with Crippen LogP contribution in [0.25, 0.3) is 0 Å². The normalized spacial score (nSPS) is 11.7. The number of nitrogens with one attached hydrogen (secondary N) is 2. The zero-order valence-corrected chi connectivity index (χ0v) is 12.2. The second-order valence-corrected chi connectivity index (χ2v) is 4.16. The smallest absolute Gasteiger partial charge is 0.419 e. The number of guanidine groups is 1. The van der Waals surface area contributed by atoms with Gasteiger partial charge in [0.05, 0.1) is 18.7 Å². The minimum Gasteiger partial charge on any atom is -0.491 e. The number of hydrogen-bond acceptors (Lipinski definition) is 2. The summed E-state index contributed by atoms with van der Waals surface area (Å²) in [6.45, 7) is 3.08. The van der Waals surface area contributed by atoms with Crippen LogP contribution in [-0.4, -0.2) is 32.2 Å². The summed E-state index contributed by atoms with van der Waals surface area (Å²) in [5.41, 5.74) is -0.795. The quantitative estimate of drug-likeness (QED) is 0.366. The Hall–Kier alpha value is -2.36. The van der Waals surface area contributed by atoms with E-state index in [-0.39, 0.29) is 18.9 Å². The van der Waals surface area contributed by atoms with Gasteiger partial charge >= 0.3 is 6.18 Å². The molecule has 0 fully saturated rings. The Kier molecular flexibility index (Phi) is 7.09. The highest BCUT2D eigenvalue weighted by Crippen LogP contribution is 2.35. The Balaban J connectivity index is 2.59. The first-order chi connectivity index (χ1) is 10.5. The van der Waals surface area contributed by atoms with Crippen molar-refractivity contribution in [2.45, 2.75) is 13.1 Å². The zero-order chi connectivity index (χ0) is 16.4. The Bertz CT molecular complexity index is 536. The number of nitrogens with zero attached hydrogens (tertiary/aromatic N) is 1. The molecule has 0 radical (unpaired) electrons. The van der Waals surface area contributed by atoms with Gasteiger partial charge in [-0.25, -0.2) is 4.99 Å². The van der Waals surface area contributed by atoms with E-state index in [1.54, 1.807) is 0 Å². The molecular weight excluding hydrogens is 295 g/mol. The van der Waals surface area contributed by atoms with E-state index < -0.39 is 11.7 Å². The minimum absolute atomic E-state index is 0.0275. The lowest BCUT2D eigenvalue weighted by molar-refractivity contribution is -0.138. The highest BCUT2D eigenvalue weighted by molar-refractivity contribution is 5.79. The van der Waals surface area contributed by atoms with Crippen molar-refractivity contribution in [3.8, 4) is 18.1 Å². The van der Waals surface area contributed by atoms with Crippen LogP contribution in [0.3, 0.4) is 0 Å². The van der Waals surface area contributed by atoms with Crippen molar-refractivity contribution in [1.29, 1.82) is 0 Å². The number of terminal acetylenes is 1. The number of aliphatic imine (C=N–C) groups is 1. The third kappa shape index (κ3) is 5.95. The predicted octanol–water partition coefficient (Wildman–Crippen LogP) is 2.27. The van der Waals surface area contributed by atoms with Gasteiger partial charge in [-0.05, 0) is 19.1 Å². The molecule has 0 amide bonds. The van der Waals surface area contributed by atoms with Gasteiger partial charge < -0.3 is 15.4 Å². The van der Waals surface area contributed by atoms with Crippen molar-refractivity contribution in [2.75, 3.05) is 26.2 Å². The molecule has 0 heterocycles. The molecule has 0 aliphatic rings. The summed E-state index contributed by atoms with van der Waals surface area (Å²) in [5, 5.41) is 5.83. The molecule has 0 unspecified atom stereocenters. The summed E-state index contributed by atoms with van der Waals surface area (Å²) >= 11 is 0. The molecular formula is C15H18F3N3O. The van der Waals surface area contributed by atoms with E-state index in [0.29, 0.717) is 19.0 Å². The van der Waals surface area contributed by atoms with Crippen molar-refractivity contribution >= 4 is 5.96 Å². The molecule has 0 saturated carbocycles. The first-order valence-electron chi connectivity index (χ1n) is 6.73. The van der Waals surface area contributed by atoms with Gasteiger partial charge in [0, 0.05) is 6.54 Å². The Morgan fingerprint density at radius 1 is 1.32 bits per heavy atom. The highest BCUT2D eigenvalue weighted by Gasteiger charge is 2.33. The van der Waals surface area contributed by atoms with Crippen LogP contribution < -0.4 is 15.4 Å².